The van der Waals surface area contributed by atoms with Gasteiger partial charge in [-0.3, -0.25) is 4.90 Å². The highest BCUT2D eigenvalue weighted by molar-refractivity contribution is 5.51. The first-order chi connectivity index (χ1) is 10.9. The first kappa shape index (κ1) is 15.0. The lowest BCUT2D eigenvalue weighted by atomic mass is 10.1. The number of aryl methyl sites for hydroxylation is 1. The van der Waals surface area contributed by atoms with E-state index in [9.17, 15) is 0 Å². The molecule has 0 atom stereocenters. The van der Waals surface area contributed by atoms with E-state index in [-0.39, 0.29) is 0 Å². The van der Waals surface area contributed by atoms with Crippen LogP contribution in [0.25, 0.3) is 0 Å². The summed E-state index contributed by atoms with van der Waals surface area (Å²) in [4.78, 5) is 6.74. The Bertz CT molecular complexity index is 592. The molecule has 1 aromatic carbocycles. The minimum absolute atomic E-state index is 0.688. The second-order valence-corrected chi connectivity index (χ2v) is 5.39. The lowest BCUT2D eigenvalue weighted by Gasteiger charge is -2.27. The molecule has 3 rings (SSSR count). The number of morpholine rings is 1. The van der Waals surface area contributed by atoms with Gasteiger partial charge in [0.15, 0.2) is 0 Å². The van der Waals surface area contributed by atoms with Crippen LogP contribution in [0, 0.1) is 0 Å². The summed E-state index contributed by atoms with van der Waals surface area (Å²) in [5.74, 6) is 0.962. The second kappa shape index (κ2) is 7.38. The number of nitrogens with one attached hydrogen (secondary N) is 1. The lowest BCUT2D eigenvalue weighted by molar-refractivity contribution is 0.0342. The minimum atomic E-state index is 0.688. The standard InChI is InChI=1S/C16H23N5O/c1-2-21-16(18-13-19-21)11-17-15-6-4-3-5-14(15)12-20-7-9-22-10-8-20/h3-6,13,17H,2,7-12H2,1H3. The van der Waals surface area contributed by atoms with Crippen LogP contribution in [0.4, 0.5) is 5.69 Å². The van der Waals surface area contributed by atoms with Gasteiger partial charge in [0.25, 0.3) is 0 Å². The average molecular weight is 301 g/mol. The predicted octanol–water partition coefficient (Wildman–Crippen LogP) is 1.74. The Kier molecular flexibility index (Phi) is 5.03. The number of para-hydroxylation sites is 1. The van der Waals surface area contributed by atoms with Crippen molar-refractivity contribution in [2.45, 2.75) is 26.6 Å². The number of rotatable bonds is 6. The summed E-state index contributed by atoms with van der Waals surface area (Å²) in [7, 11) is 0. The minimum Gasteiger partial charge on any atom is -0.379 e. The summed E-state index contributed by atoms with van der Waals surface area (Å²) < 4.78 is 7.33. The molecule has 22 heavy (non-hydrogen) atoms. The van der Waals surface area contributed by atoms with Crippen LogP contribution in [-0.4, -0.2) is 46.0 Å². The van der Waals surface area contributed by atoms with Gasteiger partial charge in [-0.15, -0.1) is 0 Å². The fraction of sp³-hybridized carbons (Fsp3) is 0.500. The third kappa shape index (κ3) is 3.64. The molecule has 1 aliphatic heterocycles. The van der Waals surface area contributed by atoms with Crippen LogP contribution in [-0.2, 0) is 24.4 Å². The second-order valence-electron chi connectivity index (χ2n) is 5.39. The number of anilines is 1. The van der Waals surface area contributed by atoms with Crippen molar-refractivity contribution in [2.75, 3.05) is 31.6 Å². The third-order valence-corrected chi connectivity index (χ3v) is 3.95. The lowest BCUT2D eigenvalue weighted by Crippen LogP contribution is -2.35. The molecule has 2 aromatic rings. The van der Waals surface area contributed by atoms with Crippen LogP contribution in [0.15, 0.2) is 30.6 Å². The molecule has 0 amide bonds. The van der Waals surface area contributed by atoms with Crippen molar-refractivity contribution >= 4 is 5.69 Å². The molecule has 1 N–H and O–H groups in total. The number of aromatic nitrogens is 3. The SMILES string of the molecule is CCn1ncnc1CNc1ccccc1CN1CCOCC1. The van der Waals surface area contributed by atoms with E-state index in [1.165, 1.54) is 11.3 Å². The maximum atomic E-state index is 5.41. The van der Waals surface area contributed by atoms with Gasteiger partial charge < -0.3 is 10.1 Å². The summed E-state index contributed by atoms with van der Waals surface area (Å²) in [5.41, 5.74) is 2.48. The Labute approximate surface area is 131 Å². The van der Waals surface area contributed by atoms with Gasteiger partial charge in [0.2, 0.25) is 0 Å². The van der Waals surface area contributed by atoms with Crippen molar-refractivity contribution < 1.29 is 4.74 Å². The summed E-state index contributed by atoms with van der Waals surface area (Å²) in [6.45, 7) is 8.21. The first-order valence-corrected chi connectivity index (χ1v) is 7.85. The van der Waals surface area contributed by atoms with Gasteiger partial charge in [-0.2, -0.15) is 5.10 Å². The summed E-state index contributed by atoms with van der Waals surface area (Å²) in [6, 6.07) is 8.47. The molecule has 1 aliphatic rings. The van der Waals surface area contributed by atoms with Crippen LogP contribution in [0.5, 0.6) is 0 Å². The number of benzene rings is 1. The molecule has 0 spiro atoms. The monoisotopic (exact) mass is 301 g/mol. The summed E-state index contributed by atoms with van der Waals surface area (Å²) in [6.07, 6.45) is 1.61. The van der Waals surface area contributed by atoms with Gasteiger partial charge in [0.05, 0.1) is 19.8 Å². The van der Waals surface area contributed by atoms with Crippen molar-refractivity contribution in [3.05, 3.63) is 42.0 Å². The van der Waals surface area contributed by atoms with Crippen LogP contribution in [0.1, 0.15) is 18.3 Å². The number of hydrogen-bond donors (Lipinski definition) is 1. The predicted molar refractivity (Wildman–Crippen MR) is 85.6 cm³/mol. The normalized spacial score (nSPS) is 15.9. The van der Waals surface area contributed by atoms with Gasteiger partial charge in [-0.25, -0.2) is 9.67 Å². The van der Waals surface area contributed by atoms with Crippen molar-refractivity contribution in [2.24, 2.45) is 0 Å². The van der Waals surface area contributed by atoms with Crippen molar-refractivity contribution in [1.82, 2.24) is 19.7 Å². The molecule has 1 saturated heterocycles. The fourth-order valence-electron chi connectivity index (χ4n) is 2.69. The molecule has 0 bridgehead atoms. The van der Waals surface area contributed by atoms with Crippen molar-refractivity contribution in [3.63, 3.8) is 0 Å². The maximum absolute atomic E-state index is 5.41. The Balaban J connectivity index is 1.65. The van der Waals surface area contributed by atoms with Gasteiger partial charge >= 0.3 is 0 Å². The van der Waals surface area contributed by atoms with Crippen molar-refractivity contribution in [1.29, 1.82) is 0 Å². The Morgan fingerprint density at radius 2 is 2.05 bits per heavy atom. The van der Waals surface area contributed by atoms with E-state index < -0.39 is 0 Å². The van der Waals surface area contributed by atoms with Crippen LogP contribution in [0.3, 0.4) is 0 Å². The number of ether oxygens (including phenoxy) is 1. The topological polar surface area (TPSA) is 55.2 Å². The molecule has 0 radical (unpaired) electrons. The van der Waals surface area contributed by atoms with E-state index in [4.69, 9.17) is 4.74 Å². The van der Waals surface area contributed by atoms with Gasteiger partial charge in [0.1, 0.15) is 12.2 Å². The molecule has 0 unspecified atom stereocenters. The van der Waals surface area contributed by atoms with Gasteiger partial charge in [0, 0.05) is 31.9 Å². The quantitative estimate of drug-likeness (QED) is 0.881. The molecule has 1 aromatic heterocycles. The van der Waals surface area contributed by atoms with E-state index in [1.54, 1.807) is 6.33 Å². The highest BCUT2D eigenvalue weighted by Gasteiger charge is 2.13. The molecule has 2 heterocycles. The van der Waals surface area contributed by atoms with Crippen LogP contribution < -0.4 is 5.32 Å². The van der Waals surface area contributed by atoms with Crippen LogP contribution in [0.2, 0.25) is 0 Å². The van der Waals surface area contributed by atoms with E-state index in [1.807, 2.05) is 4.68 Å². The van der Waals surface area contributed by atoms with Crippen molar-refractivity contribution in [3.8, 4) is 0 Å². The van der Waals surface area contributed by atoms with E-state index >= 15 is 0 Å². The molecular weight excluding hydrogens is 278 g/mol. The zero-order chi connectivity index (χ0) is 15.2. The Morgan fingerprint density at radius 1 is 1.23 bits per heavy atom. The number of nitrogens with zero attached hydrogens (tertiary/aromatic N) is 4. The fourth-order valence-corrected chi connectivity index (χ4v) is 2.69. The van der Waals surface area contributed by atoms with Gasteiger partial charge in [-0.05, 0) is 18.6 Å². The molecule has 6 nitrogen and oxygen atoms in total. The third-order valence-electron chi connectivity index (χ3n) is 3.95. The highest BCUT2D eigenvalue weighted by atomic mass is 16.5. The van der Waals surface area contributed by atoms with Gasteiger partial charge in [-0.1, -0.05) is 18.2 Å². The molecule has 6 heteroatoms. The zero-order valence-corrected chi connectivity index (χ0v) is 13.0. The largest absolute Gasteiger partial charge is 0.379 e. The summed E-state index contributed by atoms with van der Waals surface area (Å²) in [5, 5.41) is 7.71. The maximum Gasteiger partial charge on any atom is 0.146 e. The van der Waals surface area contributed by atoms with E-state index in [0.717, 1.165) is 45.2 Å². The molecule has 0 aliphatic carbocycles. The smallest absolute Gasteiger partial charge is 0.146 e. The molecule has 1 fully saturated rings. The molecule has 118 valence electrons. The molecule has 0 saturated carbocycles. The summed E-state index contributed by atoms with van der Waals surface area (Å²) >= 11 is 0. The Morgan fingerprint density at radius 3 is 2.86 bits per heavy atom. The average Bonchev–Trinajstić information content (AvgIpc) is 3.02. The highest BCUT2D eigenvalue weighted by Crippen LogP contribution is 2.18. The Hall–Kier alpha value is -1.92. The molecular formula is C16H23N5O. The van der Waals surface area contributed by atoms with E-state index in [2.05, 4.69) is 51.5 Å². The number of hydrogen-bond acceptors (Lipinski definition) is 5. The first-order valence-electron chi connectivity index (χ1n) is 7.85. The van der Waals surface area contributed by atoms with Crippen LogP contribution >= 0.6 is 0 Å². The van der Waals surface area contributed by atoms with E-state index in [0.29, 0.717) is 6.54 Å². The zero-order valence-electron chi connectivity index (χ0n) is 13.0.